The molecule has 0 aliphatic carbocycles. The van der Waals surface area contributed by atoms with Crippen LogP contribution in [0.4, 0.5) is 5.69 Å². The molecule has 138 valence electrons. The Labute approximate surface area is 150 Å². The summed E-state index contributed by atoms with van der Waals surface area (Å²) >= 11 is 0. The predicted molar refractivity (Wildman–Crippen MR) is 98.2 cm³/mol. The number of ketones is 1. The fraction of sp³-hybridized carbons (Fsp3) is 0.600. The number of carbonyl (C=O) groups excluding carboxylic acids is 1. The fourth-order valence-electron chi connectivity index (χ4n) is 3.15. The van der Waals surface area contributed by atoms with E-state index in [0.717, 1.165) is 25.1 Å². The molecule has 0 saturated carbocycles. The molecular formula is C20H29NO4. The Bertz CT molecular complexity index is 589. The van der Waals surface area contributed by atoms with E-state index >= 15 is 0 Å². The number of ether oxygens (including phenoxy) is 1. The molecule has 0 amide bonds. The van der Waals surface area contributed by atoms with Gasteiger partial charge in [0.25, 0.3) is 0 Å². The number of hydrogen-bond acceptors (Lipinski definition) is 4. The maximum Gasteiger partial charge on any atom is 0.305 e. The van der Waals surface area contributed by atoms with Crippen molar-refractivity contribution in [3.63, 3.8) is 0 Å². The zero-order valence-electron chi connectivity index (χ0n) is 15.5. The highest BCUT2D eigenvalue weighted by molar-refractivity contribution is 5.90. The van der Waals surface area contributed by atoms with Gasteiger partial charge >= 0.3 is 5.97 Å². The maximum atomic E-state index is 12.2. The molecule has 1 aliphatic rings. The Morgan fingerprint density at radius 1 is 1.24 bits per heavy atom. The lowest BCUT2D eigenvalue weighted by Gasteiger charge is -2.27. The molecule has 0 radical (unpaired) electrons. The van der Waals surface area contributed by atoms with Crippen molar-refractivity contribution in [3.8, 4) is 0 Å². The van der Waals surface area contributed by atoms with E-state index in [0.29, 0.717) is 13.0 Å². The number of aliphatic carboxylic acids is 1. The van der Waals surface area contributed by atoms with Crippen molar-refractivity contribution in [1.82, 2.24) is 0 Å². The third-order valence-corrected chi connectivity index (χ3v) is 4.64. The Kier molecular flexibility index (Phi) is 6.59. The van der Waals surface area contributed by atoms with Crippen LogP contribution in [0, 0.1) is 0 Å². The van der Waals surface area contributed by atoms with Gasteiger partial charge in [0.1, 0.15) is 0 Å². The number of benzene rings is 1. The van der Waals surface area contributed by atoms with E-state index in [-0.39, 0.29) is 30.3 Å². The molecular weight excluding hydrogens is 318 g/mol. The van der Waals surface area contributed by atoms with Gasteiger partial charge in [-0.3, -0.25) is 9.59 Å². The quantitative estimate of drug-likeness (QED) is 0.730. The van der Waals surface area contributed by atoms with Crippen molar-refractivity contribution in [2.75, 3.05) is 24.7 Å². The molecule has 0 spiro atoms. The van der Waals surface area contributed by atoms with Gasteiger partial charge in [-0.15, -0.1) is 0 Å². The van der Waals surface area contributed by atoms with Crippen LogP contribution in [0.1, 0.15) is 52.0 Å². The zero-order valence-corrected chi connectivity index (χ0v) is 15.5. The lowest BCUT2D eigenvalue weighted by atomic mass is 9.87. The fourth-order valence-corrected chi connectivity index (χ4v) is 3.15. The topological polar surface area (TPSA) is 66.8 Å². The van der Waals surface area contributed by atoms with Gasteiger partial charge in [0, 0.05) is 25.3 Å². The number of carbonyl (C=O) groups is 2. The first kappa shape index (κ1) is 19.4. The van der Waals surface area contributed by atoms with Crippen LogP contribution in [0.5, 0.6) is 0 Å². The number of nitrogens with zero attached hydrogens (tertiary/aromatic N) is 1. The Morgan fingerprint density at radius 2 is 1.92 bits per heavy atom. The van der Waals surface area contributed by atoms with Crippen LogP contribution in [0.3, 0.4) is 0 Å². The first-order valence-electron chi connectivity index (χ1n) is 8.98. The van der Waals surface area contributed by atoms with Gasteiger partial charge in [0.15, 0.2) is 5.78 Å². The number of carboxylic acids is 1. The smallest absolute Gasteiger partial charge is 0.305 e. The molecule has 1 aromatic rings. The first-order valence-corrected chi connectivity index (χ1v) is 8.98. The number of carboxylic acid groups (broad SMARTS) is 1. The highest BCUT2D eigenvalue weighted by Gasteiger charge is 2.32. The number of anilines is 1. The lowest BCUT2D eigenvalue weighted by Crippen LogP contribution is -2.33. The van der Waals surface area contributed by atoms with Crippen LogP contribution in [-0.2, 0) is 19.7 Å². The summed E-state index contributed by atoms with van der Waals surface area (Å²) in [6, 6.07) is 8.41. The van der Waals surface area contributed by atoms with Crippen molar-refractivity contribution in [2.45, 2.75) is 57.9 Å². The van der Waals surface area contributed by atoms with Gasteiger partial charge in [-0.2, -0.15) is 0 Å². The standard InChI is InChI=1S/C20H29NO4/c1-20(2,3)15-6-8-16(9-7-15)21-12-10-18(22)17(21)5-4-13-25-14-11-19(23)24/h6-9,17H,4-5,10-14H2,1-3H3,(H,23,24). The minimum atomic E-state index is -0.851. The molecule has 1 N–H and O–H groups in total. The third-order valence-electron chi connectivity index (χ3n) is 4.64. The van der Waals surface area contributed by atoms with Crippen molar-refractivity contribution in [3.05, 3.63) is 29.8 Å². The molecule has 1 aliphatic heterocycles. The summed E-state index contributed by atoms with van der Waals surface area (Å²) in [6.07, 6.45) is 2.11. The second kappa shape index (κ2) is 8.48. The van der Waals surface area contributed by atoms with E-state index in [9.17, 15) is 9.59 Å². The molecule has 1 atom stereocenters. The lowest BCUT2D eigenvalue weighted by molar-refractivity contribution is -0.138. The summed E-state index contributed by atoms with van der Waals surface area (Å²) in [5, 5.41) is 8.58. The van der Waals surface area contributed by atoms with Crippen LogP contribution in [0.15, 0.2) is 24.3 Å². The minimum absolute atomic E-state index is 0.0224. The van der Waals surface area contributed by atoms with Gasteiger partial charge in [0.2, 0.25) is 0 Å². The van der Waals surface area contributed by atoms with Crippen LogP contribution in [-0.4, -0.2) is 42.7 Å². The number of hydrogen-bond donors (Lipinski definition) is 1. The second-order valence-corrected chi connectivity index (χ2v) is 7.62. The zero-order chi connectivity index (χ0) is 18.4. The molecule has 25 heavy (non-hydrogen) atoms. The second-order valence-electron chi connectivity index (χ2n) is 7.62. The average molecular weight is 347 g/mol. The third kappa shape index (κ3) is 5.56. The monoisotopic (exact) mass is 347 g/mol. The molecule has 1 saturated heterocycles. The van der Waals surface area contributed by atoms with Gasteiger partial charge in [-0.05, 0) is 36.0 Å². The highest BCUT2D eigenvalue weighted by atomic mass is 16.5. The SMILES string of the molecule is CC(C)(C)c1ccc(N2CCC(=O)C2CCCOCCC(=O)O)cc1. The highest BCUT2D eigenvalue weighted by Crippen LogP contribution is 2.29. The van der Waals surface area contributed by atoms with E-state index in [2.05, 4.69) is 49.9 Å². The number of rotatable bonds is 8. The minimum Gasteiger partial charge on any atom is -0.481 e. The van der Waals surface area contributed by atoms with Crippen LogP contribution in [0.25, 0.3) is 0 Å². The van der Waals surface area contributed by atoms with E-state index in [1.165, 1.54) is 5.56 Å². The Morgan fingerprint density at radius 3 is 2.52 bits per heavy atom. The summed E-state index contributed by atoms with van der Waals surface area (Å²) < 4.78 is 5.32. The van der Waals surface area contributed by atoms with E-state index in [4.69, 9.17) is 9.84 Å². The van der Waals surface area contributed by atoms with E-state index in [1.54, 1.807) is 0 Å². The summed E-state index contributed by atoms with van der Waals surface area (Å²) in [4.78, 5) is 24.9. The molecule has 0 aromatic heterocycles. The van der Waals surface area contributed by atoms with Crippen LogP contribution >= 0.6 is 0 Å². The van der Waals surface area contributed by atoms with Crippen molar-refractivity contribution in [1.29, 1.82) is 0 Å². The molecule has 2 rings (SSSR count). The van der Waals surface area contributed by atoms with Crippen molar-refractivity contribution >= 4 is 17.4 Å². The molecule has 1 unspecified atom stereocenters. The first-order chi connectivity index (χ1) is 11.8. The summed E-state index contributed by atoms with van der Waals surface area (Å²) in [7, 11) is 0. The summed E-state index contributed by atoms with van der Waals surface area (Å²) in [5.74, 6) is -0.568. The molecule has 1 aromatic carbocycles. The van der Waals surface area contributed by atoms with Crippen molar-refractivity contribution < 1.29 is 19.4 Å². The summed E-state index contributed by atoms with van der Waals surface area (Å²) in [5.41, 5.74) is 2.49. The predicted octanol–water partition coefficient (Wildman–Crippen LogP) is 3.40. The molecule has 1 fully saturated rings. The molecule has 0 bridgehead atoms. The van der Waals surface area contributed by atoms with E-state index < -0.39 is 5.97 Å². The maximum absolute atomic E-state index is 12.2. The van der Waals surface area contributed by atoms with Crippen molar-refractivity contribution in [2.24, 2.45) is 0 Å². The number of Topliss-reactive ketones (excluding diaryl/α,β-unsaturated/α-hetero) is 1. The van der Waals surface area contributed by atoms with Gasteiger partial charge in [0.05, 0.1) is 19.1 Å². The van der Waals surface area contributed by atoms with Gasteiger partial charge in [-0.25, -0.2) is 0 Å². The normalized spacial score (nSPS) is 18.0. The summed E-state index contributed by atoms with van der Waals surface area (Å²) in [6.45, 7) is 8.05. The van der Waals surface area contributed by atoms with E-state index in [1.807, 2.05) is 0 Å². The molecule has 5 nitrogen and oxygen atoms in total. The van der Waals surface area contributed by atoms with Gasteiger partial charge in [-0.1, -0.05) is 32.9 Å². The molecule has 1 heterocycles. The van der Waals surface area contributed by atoms with Crippen LogP contribution in [0.2, 0.25) is 0 Å². The van der Waals surface area contributed by atoms with Crippen LogP contribution < -0.4 is 4.90 Å². The average Bonchev–Trinajstić information content (AvgIpc) is 2.91. The Balaban J connectivity index is 1.89. The largest absolute Gasteiger partial charge is 0.481 e. The van der Waals surface area contributed by atoms with Gasteiger partial charge < -0.3 is 14.7 Å². The molecule has 5 heteroatoms. The Hall–Kier alpha value is -1.88.